The van der Waals surface area contributed by atoms with Crippen LogP contribution < -0.4 is 5.73 Å². The van der Waals surface area contributed by atoms with Gasteiger partial charge in [-0.3, -0.25) is 18.6 Å². The van der Waals surface area contributed by atoms with E-state index in [2.05, 4.69) is 196 Å². The van der Waals surface area contributed by atoms with E-state index in [1.807, 2.05) is 0 Å². The highest BCUT2D eigenvalue weighted by atomic mass is 31.2. The second-order valence-corrected chi connectivity index (χ2v) is 26.9. The van der Waals surface area contributed by atoms with Crippen LogP contribution in [0.3, 0.4) is 0 Å². The molecule has 0 saturated heterocycles. The molecule has 0 aliphatic heterocycles. The second-order valence-electron chi connectivity index (χ2n) is 25.5. The summed E-state index contributed by atoms with van der Waals surface area (Å²) in [7, 11) is -4.41. The number of phosphoric ester groups is 1. The van der Waals surface area contributed by atoms with Crippen molar-refractivity contribution in [3.05, 3.63) is 182 Å². The Hall–Kier alpha value is -4.89. The molecule has 550 valence electrons. The van der Waals surface area contributed by atoms with Crippen molar-refractivity contribution in [1.82, 2.24) is 0 Å². The standard InChI is InChI=1S/C87H144NO8P/c1-3-5-7-9-11-13-15-17-19-21-23-25-27-29-31-33-35-37-39-40-41-42-43-44-46-48-50-52-54-56-58-60-62-64-66-68-70-72-74-76-78-80-87(90)96-85(84-95-97(91,92)94-82-81-88)83-93-86(89)79-77-75-73-71-69-67-65-63-61-59-57-55-53-51-49-47-45-38-36-34-32-30-28-26-24-22-20-18-16-14-12-10-8-6-4-2/h5-8,11-14,17-20,23-26,29-32,35-38,40-41,43-44,48,50,85H,3-4,9-10,15-16,21-22,27-28,33-34,39,42,45-47,49,51-84,88H2,1-2H3,(H,91,92)/b7-5-,8-6-,13-11-,14-12-,19-17-,20-18-,25-23-,26-24-,31-29-,32-30-,37-35-,38-36-,41-40-,44-43-,50-48-. The average Bonchev–Trinajstić information content (AvgIpc) is 2.57. The molecule has 0 aliphatic rings. The topological polar surface area (TPSA) is 134 Å². The number of carbonyl (C=O) groups excluding carboxylic acids is 2. The van der Waals surface area contributed by atoms with Gasteiger partial charge < -0.3 is 20.1 Å². The molecule has 0 spiro atoms. The van der Waals surface area contributed by atoms with E-state index in [-0.39, 0.29) is 38.6 Å². The van der Waals surface area contributed by atoms with Crippen LogP contribution in [0.4, 0.5) is 0 Å². The number of nitrogens with two attached hydrogens (primary N) is 1. The van der Waals surface area contributed by atoms with Gasteiger partial charge in [0, 0.05) is 19.4 Å². The van der Waals surface area contributed by atoms with Crippen molar-refractivity contribution in [3.63, 3.8) is 0 Å². The maximum Gasteiger partial charge on any atom is 0.472 e. The number of hydrogen-bond donors (Lipinski definition) is 2. The summed E-state index contributed by atoms with van der Waals surface area (Å²) >= 11 is 0. The smallest absolute Gasteiger partial charge is 0.462 e. The van der Waals surface area contributed by atoms with Gasteiger partial charge >= 0.3 is 19.8 Å². The first-order chi connectivity index (χ1) is 47.8. The lowest BCUT2D eigenvalue weighted by molar-refractivity contribution is -0.161. The van der Waals surface area contributed by atoms with Gasteiger partial charge in [0.2, 0.25) is 0 Å². The molecule has 0 bridgehead atoms. The molecule has 0 heterocycles. The first kappa shape index (κ1) is 92.1. The van der Waals surface area contributed by atoms with Gasteiger partial charge in [-0.2, -0.15) is 0 Å². The predicted octanol–water partition coefficient (Wildman–Crippen LogP) is 26.6. The monoisotopic (exact) mass is 1360 g/mol. The van der Waals surface area contributed by atoms with Crippen LogP contribution >= 0.6 is 7.82 Å². The zero-order valence-electron chi connectivity index (χ0n) is 62.0. The number of allylic oxidation sites excluding steroid dienone is 30. The Kier molecular flexibility index (Phi) is 76.1. The number of ether oxygens (including phenoxy) is 2. The lowest BCUT2D eigenvalue weighted by Crippen LogP contribution is -2.29. The molecule has 0 amide bonds. The molecular weight excluding hydrogens is 1220 g/mol. The van der Waals surface area contributed by atoms with Gasteiger partial charge in [0.15, 0.2) is 6.10 Å². The van der Waals surface area contributed by atoms with E-state index < -0.39 is 26.5 Å². The minimum atomic E-state index is -4.41. The third-order valence-corrected chi connectivity index (χ3v) is 17.3. The zero-order chi connectivity index (χ0) is 70.0. The Morgan fingerprint density at radius 2 is 0.536 bits per heavy atom. The van der Waals surface area contributed by atoms with E-state index in [0.717, 1.165) is 135 Å². The summed E-state index contributed by atoms with van der Waals surface area (Å²) in [6.07, 6.45) is 120. The van der Waals surface area contributed by atoms with Crippen molar-refractivity contribution in [2.75, 3.05) is 26.4 Å². The van der Waals surface area contributed by atoms with Gasteiger partial charge in [-0.1, -0.05) is 357 Å². The van der Waals surface area contributed by atoms with Crippen LogP contribution in [0.15, 0.2) is 182 Å². The molecule has 0 aliphatic carbocycles. The fourth-order valence-corrected chi connectivity index (χ4v) is 11.3. The predicted molar refractivity (Wildman–Crippen MR) is 422 cm³/mol. The van der Waals surface area contributed by atoms with Gasteiger partial charge in [0.05, 0.1) is 13.2 Å². The maximum absolute atomic E-state index is 12.8. The Labute approximate surface area is 596 Å². The molecule has 97 heavy (non-hydrogen) atoms. The molecule has 0 aromatic rings. The van der Waals surface area contributed by atoms with E-state index in [9.17, 15) is 19.0 Å². The van der Waals surface area contributed by atoms with Gasteiger partial charge in [0.1, 0.15) is 6.61 Å². The number of rotatable bonds is 72. The summed E-state index contributed by atoms with van der Waals surface area (Å²) in [4.78, 5) is 35.5. The fraction of sp³-hybridized carbons (Fsp3) is 0.632. The van der Waals surface area contributed by atoms with Crippen molar-refractivity contribution in [1.29, 1.82) is 0 Å². The molecule has 2 atom stereocenters. The largest absolute Gasteiger partial charge is 0.472 e. The van der Waals surface area contributed by atoms with Crippen molar-refractivity contribution >= 4 is 19.8 Å². The Bertz CT molecular complexity index is 2250. The normalized spacial score (nSPS) is 13.9. The summed E-state index contributed by atoms with van der Waals surface area (Å²) in [6, 6.07) is 0. The number of unbranched alkanes of at least 4 members (excludes halogenated alkanes) is 29. The van der Waals surface area contributed by atoms with E-state index in [1.165, 1.54) is 154 Å². The summed E-state index contributed by atoms with van der Waals surface area (Å²) < 4.78 is 33.3. The van der Waals surface area contributed by atoms with Crippen LogP contribution in [-0.4, -0.2) is 49.3 Å². The number of phosphoric acid groups is 1. The first-order valence-electron chi connectivity index (χ1n) is 39.3. The van der Waals surface area contributed by atoms with Gasteiger partial charge in [0.25, 0.3) is 0 Å². The highest BCUT2D eigenvalue weighted by Gasteiger charge is 2.26. The van der Waals surface area contributed by atoms with Crippen LogP contribution in [0.5, 0.6) is 0 Å². The highest BCUT2D eigenvalue weighted by molar-refractivity contribution is 7.47. The molecule has 0 radical (unpaired) electrons. The molecule has 9 nitrogen and oxygen atoms in total. The molecule has 10 heteroatoms. The van der Waals surface area contributed by atoms with Crippen LogP contribution in [0.1, 0.15) is 322 Å². The van der Waals surface area contributed by atoms with E-state index in [0.29, 0.717) is 6.42 Å². The average molecular weight is 1360 g/mol. The van der Waals surface area contributed by atoms with E-state index in [1.54, 1.807) is 0 Å². The second kappa shape index (κ2) is 80.1. The van der Waals surface area contributed by atoms with Gasteiger partial charge in [-0.05, 0) is 135 Å². The molecule has 0 rings (SSSR count). The van der Waals surface area contributed by atoms with Crippen molar-refractivity contribution in [2.45, 2.75) is 328 Å². The number of hydrogen-bond acceptors (Lipinski definition) is 8. The van der Waals surface area contributed by atoms with Crippen LogP contribution in [0.2, 0.25) is 0 Å². The summed E-state index contributed by atoms with van der Waals surface area (Å²) in [6.45, 7) is 3.53. The van der Waals surface area contributed by atoms with Crippen LogP contribution in [0, 0.1) is 0 Å². The quantitative estimate of drug-likeness (QED) is 0.0264. The first-order valence-corrected chi connectivity index (χ1v) is 40.8. The summed E-state index contributed by atoms with van der Waals surface area (Å²) in [5, 5.41) is 0. The third-order valence-electron chi connectivity index (χ3n) is 16.3. The van der Waals surface area contributed by atoms with Crippen LogP contribution in [0.25, 0.3) is 0 Å². The van der Waals surface area contributed by atoms with Gasteiger partial charge in [-0.25, -0.2) is 4.57 Å². The maximum atomic E-state index is 12.8. The molecular formula is C87H144NO8P. The molecule has 3 N–H and O–H groups in total. The van der Waals surface area contributed by atoms with Crippen molar-refractivity contribution in [3.8, 4) is 0 Å². The van der Waals surface area contributed by atoms with Crippen LogP contribution in [-0.2, 0) is 32.7 Å². The Morgan fingerprint density at radius 1 is 0.309 bits per heavy atom. The van der Waals surface area contributed by atoms with Crippen molar-refractivity contribution in [2.24, 2.45) is 5.73 Å². The lowest BCUT2D eigenvalue weighted by Gasteiger charge is -2.19. The highest BCUT2D eigenvalue weighted by Crippen LogP contribution is 2.43. The fourth-order valence-electron chi connectivity index (χ4n) is 10.6. The molecule has 2 unspecified atom stereocenters. The zero-order valence-corrected chi connectivity index (χ0v) is 62.9. The van der Waals surface area contributed by atoms with E-state index in [4.69, 9.17) is 24.3 Å². The third kappa shape index (κ3) is 80.0. The number of esters is 2. The van der Waals surface area contributed by atoms with E-state index >= 15 is 0 Å². The summed E-state index contributed by atoms with van der Waals surface area (Å²) in [5.41, 5.74) is 5.41. The molecule has 0 aromatic heterocycles. The minimum Gasteiger partial charge on any atom is -0.462 e. The number of carbonyl (C=O) groups is 2. The lowest BCUT2D eigenvalue weighted by atomic mass is 10.0. The van der Waals surface area contributed by atoms with Crippen molar-refractivity contribution < 1.29 is 37.6 Å². The molecule has 0 aromatic carbocycles. The minimum absolute atomic E-state index is 0.0471. The SMILES string of the molecule is CC/C=C\C/C=C\C/C=C\C/C=C\C/C=C\C/C=C\C/C=C\C/C=C\C/C=C\CCCCCCCCCCCCCCCC(=O)OC(COC(=O)CCCCCCCCCCCCCCCCCC/C=C\C/C=C\C/C=C\C/C=C\C/C=C\C/C=C\CC)COP(=O)(O)OCCN. The Balaban J connectivity index is 3.88. The van der Waals surface area contributed by atoms with Gasteiger partial charge in [-0.15, -0.1) is 0 Å². The summed E-state index contributed by atoms with van der Waals surface area (Å²) in [5.74, 6) is -0.828. The molecule has 0 saturated carbocycles. The Morgan fingerprint density at radius 3 is 0.794 bits per heavy atom. The molecule has 0 fully saturated rings.